The number of benzene rings is 2. The first-order chi connectivity index (χ1) is 14.3. The minimum Gasteiger partial charge on any atom is -0.493 e. The van der Waals surface area contributed by atoms with Gasteiger partial charge in [0.25, 0.3) is 0 Å². The topological polar surface area (TPSA) is 84.9 Å². The first kappa shape index (κ1) is 22.1. The van der Waals surface area contributed by atoms with Crippen LogP contribution in [0.3, 0.4) is 0 Å². The fourth-order valence-electron chi connectivity index (χ4n) is 3.58. The molecule has 1 amide bonds. The average molecular weight is 433 g/mol. The predicted molar refractivity (Wildman–Crippen MR) is 116 cm³/mol. The second-order valence-electron chi connectivity index (χ2n) is 7.56. The van der Waals surface area contributed by atoms with Crippen LogP contribution in [0.4, 0.5) is 5.69 Å². The fourth-order valence-corrected chi connectivity index (χ4v) is 5.25. The summed E-state index contributed by atoms with van der Waals surface area (Å²) in [5.74, 6) is 0.835. The number of amides is 1. The molecule has 0 aromatic heterocycles. The van der Waals surface area contributed by atoms with Crippen LogP contribution in [-0.4, -0.2) is 45.4 Å². The highest BCUT2D eigenvalue weighted by Crippen LogP contribution is 2.33. The van der Waals surface area contributed by atoms with Gasteiger partial charge in [0.2, 0.25) is 15.9 Å². The van der Waals surface area contributed by atoms with Crippen LogP contribution in [0, 0.1) is 0 Å². The molecule has 0 bridgehead atoms. The van der Waals surface area contributed by atoms with Gasteiger partial charge in [0.15, 0.2) is 11.5 Å². The van der Waals surface area contributed by atoms with E-state index in [9.17, 15) is 13.2 Å². The van der Waals surface area contributed by atoms with Crippen molar-refractivity contribution < 1.29 is 22.7 Å². The van der Waals surface area contributed by atoms with E-state index in [1.807, 2.05) is 24.3 Å². The van der Waals surface area contributed by atoms with Crippen molar-refractivity contribution in [2.45, 2.75) is 43.5 Å². The number of hydrogen-bond donors (Lipinski definition) is 1. The summed E-state index contributed by atoms with van der Waals surface area (Å²) in [6.07, 6.45) is 1.10. The normalized spacial score (nSPS) is 17.2. The third-order valence-electron chi connectivity index (χ3n) is 5.31. The van der Waals surface area contributed by atoms with E-state index in [0.29, 0.717) is 42.5 Å². The van der Waals surface area contributed by atoms with E-state index in [0.717, 1.165) is 0 Å². The zero-order valence-electron chi connectivity index (χ0n) is 17.7. The van der Waals surface area contributed by atoms with Crippen LogP contribution in [-0.2, 0) is 14.8 Å². The molecule has 2 aromatic carbocycles. The summed E-state index contributed by atoms with van der Waals surface area (Å²) in [7, 11) is -0.928. The maximum absolute atomic E-state index is 13.2. The van der Waals surface area contributed by atoms with Crippen molar-refractivity contribution in [2.75, 3.05) is 26.1 Å². The van der Waals surface area contributed by atoms with Gasteiger partial charge in [-0.15, -0.1) is 0 Å². The lowest BCUT2D eigenvalue weighted by Gasteiger charge is -2.24. The molecule has 1 aliphatic rings. The number of nitrogens with zero attached hydrogens (tertiary/aromatic N) is 1. The van der Waals surface area contributed by atoms with Gasteiger partial charge in [-0.05, 0) is 48.6 Å². The lowest BCUT2D eigenvalue weighted by Crippen LogP contribution is -2.43. The van der Waals surface area contributed by atoms with E-state index in [-0.39, 0.29) is 10.8 Å². The maximum atomic E-state index is 13.2. The highest BCUT2D eigenvalue weighted by molar-refractivity contribution is 7.89. The molecular formula is C22H28N2O5S. The van der Waals surface area contributed by atoms with Gasteiger partial charge in [-0.25, -0.2) is 8.42 Å². The third-order valence-corrected chi connectivity index (χ3v) is 7.22. The highest BCUT2D eigenvalue weighted by Gasteiger charge is 2.39. The maximum Gasteiger partial charge on any atom is 0.243 e. The first-order valence-corrected chi connectivity index (χ1v) is 11.4. The minimum atomic E-state index is -3.86. The monoisotopic (exact) mass is 432 g/mol. The number of methoxy groups -OCH3 is 2. The zero-order valence-corrected chi connectivity index (χ0v) is 18.5. The second-order valence-corrected chi connectivity index (χ2v) is 9.45. The molecule has 2 aromatic rings. The van der Waals surface area contributed by atoms with Gasteiger partial charge in [-0.2, -0.15) is 4.31 Å². The molecule has 0 saturated carbocycles. The van der Waals surface area contributed by atoms with E-state index < -0.39 is 16.1 Å². The predicted octanol–water partition coefficient (Wildman–Crippen LogP) is 3.62. The van der Waals surface area contributed by atoms with Gasteiger partial charge in [0.1, 0.15) is 6.04 Å². The molecule has 1 aliphatic heterocycles. The molecule has 0 spiro atoms. The van der Waals surface area contributed by atoms with Gasteiger partial charge in [0, 0.05) is 18.3 Å². The molecule has 162 valence electrons. The van der Waals surface area contributed by atoms with Gasteiger partial charge in [-0.1, -0.05) is 26.0 Å². The van der Waals surface area contributed by atoms with Crippen molar-refractivity contribution in [1.29, 1.82) is 0 Å². The molecule has 1 fully saturated rings. The standard InChI is InChI=1S/C22H28N2O5S/c1-15(2)16-7-9-17(10-8-16)23-22(25)19-6-5-13-24(19)30(26,27)18-11-12-20(28-3)21(14-18)29-4/h7-12,14-15,19H,5-6,13H2,1-4H3,(H,23,25). The third kappa shape index (κ3) is 4.44. The summed E-state index contributed by atoms with van der Waals surface area (Å²) < 4.78 is 38.2. The van der Waals surface area contributed by atoms with Crippen LogP contribution >= 0.6 is 0 Å². The Morgan fingerprint density at radius 2 is 1.73 bits per heavy atom. The van der Waals surface area contributed by atoms with Crippen LogP contribution in [0.1, 0.15) is 38.2 Å². The van der Waals surface area contributed by atoms with Crippen LogP contribution in [0.2, 0.25) is 0 Å². The molecule has 1 heterocycles. The summed E-state index contributed by atoms with van der Waals surface area (Å²) in [6.45, 7) is 4.49. The highest BCUT2D eigenvalue weighted by atomic mass is 32.2. The van der Waals surface area contributed by atoms with Crippen molar-refractivity contribution >= 4 is 21.6 Å². The van der Waals surface area contributed by atoms with Crippen molar-refractivity contribution in [2.24, 2.45) is 0 Å². The van der Waals surface area contributed by atoms with E-state index in [2.05, 4.69) is 19.2 Å². The molecule has 7 nitrogen and oxygen atoms in total. The van der Waals surface area contributed by atoms with Crippen molar-refractivity contribution in [1.82, 2.24) is 4.31 Å². The number of nitrogens with one attached hydrogen (secondary N) is 1. The SMILES string of the molecule is COc1ccc(S(=O)(=O)N2CCCC2C(=O)Nc2ccc(C(C)C)cc2)cc1OC. The molecule has 3 rings (SSSR count). The number of carbonyl (C=O) groups excluding carboxylic acids is 1. The molecule has 0 radical (unpaired) electrons. The van der Waals surface area contributed by atoms with Crippen molar-refractivity contribution in [3.63, 3.8) is 0 Å². The summed E-state index contributed by atoms with van der Waals surface area (Å²) in [6, 6.07) is 11.3. The largest absolute Gasteiger partial charge is 0.493 e. The number of rotatable bonds is 7. The lowest BCUT2D eigenvalue weighted by atomic mass is 10.0. The molecule has 1 N–H and O–H groups in total. The smallest absolute Gasteiger partial charge is 0.243 e. The number of ether oxygens (including phenoxy) is 2. The number of sulfonamides is 1. The summed E-state index contributed by atoms with van der Waals surface area (Å²) in [4.78, 5) is 13.0. The molecule has 30 heavy (non-hydrogen) atoms. The second kappa shape index (κ2) is 9.06. The zero-order chi connectivity index (χ0) is 21.9. The van der Waals surface area contributed by atoms with E-state index >= 15 is 0 Å². The van der Waals surface area contributed by atoms with Crippen LogP contribution < -0.4 is 14.8 Å². The number of carbonyl (C=O) groups is 1. The van der Waals surface area contributed by atoms with E-state index in [4.69, 9.17) is 9.47 Å². The summed E-state index contributed by atoms with van der Waals surface area (Å²) in [5.41, 5.74) is 1.83. The molecule has 8 heteroatoms. The van der Waals surface area contributed by atoms with E-state index in [1.54, 1.807) is 6.07 Å². The van der Waals surface area contributed by atoms with Gasteiger partial charge in [0.05, 0.1) is 19.1 Å². The molecule has 1 unspecified atom stereocenters. The molecule has 1 atom stereocenters. The molecule has 1 saturated heterocycles. The molecular weight excluding hydrogens is 404 g/mol. The van der Waals surface area contributed by atoms with Crippen LogP contribution in [0.25, 0.3) is 0 Å². The van der Waals surface area contributed by atoms with Crippen LogP contribution in [0.5, 0.6) is 11.5 Å². The average Bonchev–Trinajstić information content (AvgIpc) is 3.24. The first-order valence-electron chi connectivity index (χ1n) is 9.92. The van der Waals surface area contributed by atoms with Crippen molar-refractivity contribution in [3.05, 3.63) is 48.0 Å². The molecule has 0 aliphatic carbocycles. The van der Waals surface area contributed by atoms with Gasteiger partial charge >= 0.3 is 0 Å². The number of hydrogen-bond acceptors (Lipinski definition) is 5. The quantitative estimate of drug-likeness (QED) is 0.722. The Kier molecular flexibility index (Phi) is 6.67. The van der Waals surface area contributed by atoms with Gasteiger partial charge < -0.3 is 14.8 Å². The van der Waals surface area contributed by atoms with Crippen LogP contribution in [0.15, 0.2) is 47.4 Å². The summed E-state index contributed by atoms with van der Waals surface area (Å²) >= 11 is 0. The van der Waals surface area contributed by atoms with Crippen molar-refractivity contribution in [3.8, 4) is 11.5 Å². The Balaban J connectivity index is 1.81. The Morgan fingerprint density at radius 3 is 2.33 bits per heavy atom. The lowest BCUT2D eigenvalue weighted by molar-refractivity contribution is -0.119. The minimum absolute atomic E-state index is 0.0705. The Labute approximate surface area is 178 Å². The Morgan fingerprint density at radius 1 is 1.07 bits per heavy atom. The number of anilines is 1. The fraction of sp³-hybridized carbons (Fsp3) is 0.409. The van der Waals surface area contributed by atoms with Gasteiger partial charge in [-0.3, -0.25) is 4.79 Å². The summed E-state index contributed by atoms with van der Waals surface area (Å²) in [5, 5.41) is 2.85. The Hall–Kier alpha value is -2.58. The Bertz CT molecular complexity index is 1000. The van der Waals surface area contributed by atoms with E-state index in [1.165, 1.54) is 36.2 Å².